The quantitative estimate of drug-likeness (QED) is 0.811. The Balaban J connectivity index is 2.16. The summed E-state index contributed by atoms with van der Waals surface area (Å²) < 4.78 is 31.9. The molecular weight excluding hydrogens is 200 g/mol. The standard InChI is InChI=1S/C11H13F2NO/c1-7-4-10(13)11(5-9(7)12)15-8-2-3-14-6-8/h4-5,8,14H,2-3,6H2,1H3. The average Bonchev–Trinajstić information content (AvgIpc) is 2.67. The van der Waals surface area contributed by atoms with Crippen molar-refractivity contribution in [3.63, 3.8) is 0 Å². The molecule has 1 aromatic carbocycles. The molecule has 1 unspecified atom stereocenters. The van der Waals surface area contributed by atoms with Gasteiger partial charge in [0.05, 0.1) is 0 Å². The highest BCUT2D eigenvalue weighted by molar-refractivity contribution is 5.30. The van der Waals surface area contributed by atoms with Gasteiger partial charge in [0.1, 0.15) is 11.9 Å². The second kappa shape index (κ2) is 4.14. The van der Waals surface area contributed by atoms with E-state index in [1.165, 1.54) is 6.92 Å². The fraction of sp³-hybridized carbons (Fsp3) is 0.455. The third kappa shape index (κ3) is 2.26. The van der Waals surface area contributed by atoms with E-state index in [1.54, 1.807) is 0 Å². The zero-order chi connectivity index (χ0) is 10.8. The van der Waals surface area contributed by atoms with Crippen molar-refractivity contribution < 1.29 is 13.5 Å². The summed E-state index contributed by atoms with van der Waals surface area (Å²) in [6.45, 7) is 3.08. The van der Waals surface area contributed by atoms with E-state index in [1.807, 2.05) is 0 Å². The van der Waals surface area contributed by atoms with Gasteiger partial charge < -0.3 is 10.1 Å². The van der Waals surface area contributed by atoms with E-state index >= 15 is 0 Å². The lowest BCUT2D eigenvalue weighted by Crippen LogP contribution is -2.20. The molecule has 0 spiro atoms. The molecule has 1 aliphatic rings. The van der Waals surface area contributed by atoms with Gasteiger partial charge in [-0.2, -0.15) is 0 Å². The minimum atomic E-state index is -0.499. The molecule has 0 bridgehead atoms. The van der Waals surface area contributed by atoms with Gasteiger partial charge in [0.15, 0.2) is 11.6 Å². The van der Waals surface area contributed by atoms with Crippen molar-refractivity contribution in [2.24, 2.45) is 0 Å². The Morgan fingerprint density at radius 1 is 1.33 bits per heavy atom. The molecular formula is C11H13F2NO. The molecule has 0 saturated carbocycles. The maximum absolute atomic E-state index is 13.4. The second-order valence-electron chi connectivity index (χ2n) is 3.76. The van der Waals surface area contributed by atoms with Gasteiger partial charge in [-0.25, -0.2) is 8.78 Å². The maximum atomic E-state index is 13.4. The largest absolute Gasteiger partial charge is 0.486 e. The molecule has 2 nitrogen and oxygen atoms in total. The summed E-state index contributed by atoms with van der Waals surface area (Å²) >= 11 is 0. The number of halogens is 2. The molecule has 1 atom stereocenters. The molecule has 15 heavy (non-hydrogen) atoms. The third-order valence-electron chi connectivity index (χ3n) is 2.52. The lowest BCUT2D eigenvalue weighted by atomic mass is 10.2. The summed E-state index contributed by atoms with van der Waals surface area (Å²) in [5.74, 6) is -0.926. The molecule has 0 aliphatic carbocycles. The van der Waals surface area contributed by atoms with Gasteiger partial charge in [-0.3, -0.25) is 0 Å². The Morgan fingerprint density at radius 3 is 2.80 bits per heavy atom. The van der Waals surface area contributed by atoms with E-state index in [2.05, 4.69) is 5.32 Å². The highest BCUT2D eigenvalue weighted by Crippen LogP contribution is 2.23. The molecule has 1 fully saturated rings. The first-order chi connectivity index (χ1) is 7.16. The van der Waals surface area contributed by atoms with Crippen molar-refractivity contribution in [1.29, 1.82) is 0 Å². The fourth-order valence-corrected chi connectivity index (χ4v) is 1.63. The van der Waals surface area contributed by atoms with E-state index in [0.717, 1.165) is 25.1 Å². The lowest BCUT2D eigenvalue weighted by molar-refractivity contribution is 0.212. The van der Waals surface area contributed by atoms with Crippen LogP contribution in [-0.2, 0) is 0 Å². The number of hydrogen-bond donors (Lipinski definition) is 1. The zero-order valence-electron chi connectivity index (χ0n) is 8.52. The number of hydrogen-bond acceptors (Lipinski definition) is 2. The van der Waals surface area contributed by atoms with E-state index in [4.69, 9.17) is 4.74 Å². The van der Waals surface area contributed by atoms with Gasteiger partial charge in [0, 0.05) is 12.6 Å². The molecule has 1 saturated heterocycles. The third-order valence-corrected chi connectivity index (χ3v) is 2.52. The fourth-order valence-electron chi connectivity index (χ4n) is 1.63. The van der Waals surface area contributed by atoms with Gasteiger partial charge in [-0.1, -0.05) is 0 Å². The average molecular weight is 213 g/mol. The minimum absolute atomic E-state index is 0.00630. The van der Waals surface area contributed by atoms with Crippen molar-refractivity contribution in [3.8, 4) is 5.75 Å². The van der Waals surface area contributed by atoms with Gasteiger partial charge in [-0.15, -0.1) is 0 Å². The Labute approximate surface area is 87.2 Å². The van der Waals surface area contributed by atoms with E-state index in [9.17, 15) is 8.78 Å². The van der Waals surface area contributed by atoms with Crippen LogP contribution in [0.4, 0.5) is 8.78 Å². The van der Waals surface area contributed by atoms with Crippen molar-refractivity contribution in [2.75, 3.05) is 13.1 Å². The number of nitrogens with one attached hydrogen (secondary N) is 1. The summed E-state index contributed by atoms with van der Waals surface area (Å²) in [6, 6.07) is 2.27. The van der Waals surface area contributed by atoms with Crippen LogP contribution in [0.5, 0.6) is 5.75 Å². The van der Waals surface area contributed by atoms with Crippen LogP contribution in [0.15, 0.2) is 12.1 Å². The lowest BCUT2D eigenvalue weighted by Gasteiger charge is -2.13. The monoisotopic (exact) mass is 213 g/mol. The summed E-state index contributed by atoms with van der Waals surface area (Å²) in [5, 5.41) is 3.10. The van der Waals surface area contributed by atoms with Gasteiger partial charge in [-0.05, 0) is 31.5 Å². The SMILES string of the molecule is Cc1cc(F)c(OC2CCNC2)cc1F. The molecule has 2 rings (SSSR count). The first-order valence-corrected chi connectivity index (χ1v) is 5.00. The van der Waals surface area contributed by atoms with Crippen molar-refractivity contribution >= 4 is 0 Å². The normalized spacial score (nSPS) is 20.6. The Bertz CT molecular complexity index is 362. The molecule has 0 radical (unpaired) electrons. The zero-order valence-corrected chi connectivity index (χ0v) is 8.52. The molecule has 1 aliphatic heterocycles. The summed E-state index contributed by atoms with van der Waals surface area (Å²) in [6.07, 6.45) is 0.774. The predicted molar refractivity (Wildman–Crippen MR) is 53.0 cm³/mol. The Kier molecular flexibility index (Phi) is 2.86. The first-order valence-electron chi connectivity index (χ1n) is 5.00. The molecule has 4 heteroatoms. The molecule has 0 amide bonds. The molecule has 1 heterocycles. The Morgan fingerprint density at radius 2 is 2.13 bits per heavy atom. The molecule has 82 valence electrons. The van der Waals surface area contributed by atoms with E-state index < -0.39 is 11.6 Å². The molecule has 1 aromatic rings. The van der Waals surface area contributed by atoms with Crippen LogP contribution < -0.4 is 10.1 Å². The molecule has 0 aromatic heterocycles. The van der Waals surface area contributed by atoms with Crippen molar-refractivity contribution in [1.82, 2.24) is 5.32 Å². The first kappa shape index (κ1) is 10.4. The van der Waals surface area contributed by atoms with Crippen LogP contribution in [0.2, 0.25) is 0 Å². The van der Waals surface area contributed by atoms with Gasteiger partial charge in [0.25, 0.3) is 0 Å². The number of benzene rings is 1. The predicted octanol–water partition coefficient (Wildman–Crippen LogP) is 2.01. The van der Waals surface area contributed by atoms with Gasteiger partial charge >= 0.3 is 0 Å². The highest BCUT2D eigenvalue weighted by atomic mass is 19.1. The summed E-state index contributed by atoms with van der Waals surface area (Å²) in [5.41, 5.74) is 0.296. The van der Waals surface area contributed by atoms with Crippen LogP contribution in [-0.4, -0.2) is 19.2 Å². The number of aryl methyl sites for hydroxylation is 1. The van der Waals surface area contributed by atoms with E-state index in [-0.39, 0.29) is 11.9 Å². The Hall–Kier alpha value is -1.16. The molecule has 1 N–H and O–H groups in total. The number of ether oxygens (including phenoxy) is 1. The van der Waals surface area contributed by atoms with Crippen LogP contribution >= 0.6 is 0 Å². The smallest absolute Gasteiger partial charge is 0.165 e. The van der Waals surface area contributed by atoms with Crippen molar-refractivity contribution in [2.45, 2.75) is 19.4 Å². The highest BCUT2D eigenvalue weighted by Gasteiger charge is 2.18. The second-order valence-corrected chi connectivity index (χ2v) is 3.76. The summed E-state index contributed by atoms with van der Waals surface area (Å²) in [4.78, 5) is 0. The van der Waals surface area contributed by atoms with E-state index in [0.29, 0.717) is 12.1 Å². The topological polar surface area (TPSA) is 21.3 Å². The number of rotatable bonds is 2. The maximum Gasteiger partial charge on any atom is 0.165 e. The van der Waals surface area contributed by atoms with Crippen molar-refractivity contribution in [3.05, 3.63) is 29.3 Å². The van der Waals surface area contributed by atoms with Crippen LogP contribution in [0.25, 0.3) is 0 Å². The van der Waals surface area contributed by atoms with Crippen LogP contribution in [0, 0.1) is 18.6 Å². The van der Waals surface area contributed by atoms with Gasteiger partial charge in [0.2, 0.25) is 0 Å². The van der Waals surface area contributed by atoms with Crippen LogP contribution in [0.3, 0.4) is 0 Å². The minimum Gasteiger partial charge on any atom is -0.486 e. The summed E-state index contributed by atoms with van der Waals surface area (Å²) in [7, 11) is 0. The van der Waals surface area contributed by atoms with Crippen LogP contribution in [0.1, 0.15) is 12.0 Å².